The van der Waals surface area contributed by atoms with Crippen molar-refractivity contribution in [3.63, 3.8) is 0 Å². The zero-order valence-corrected chi connectivity index (χ0v) is 14.1. The predicted molar refractivity (Wildman–Crippen MR) is 95.6 cm³/mol. The van der Waals surface area contributed by atoms with Gasteiger partial charge in [0.05, 0.1) is 16.7 Å². The summed E-state index contributed by atoms with van der Waals surface area (Å²) in [5.74, 6) is 0.00475. The minimum Gasteiger partial charge on any atom is -0.273 e. The van der Waals surface area contributed by atoms with Gasteiger partial charge in [-0.2, -0.15) is 5.10 Å². The van der Waals surface area contributed by atoms with Crippen LogP contribution in [0.4, 0.5) is 5.69 Å². The Hall–Kier alpha value is -2.73. The first-order valence-electron chi connectivity index (χ1n) is 7.85. The van der Waals surface area contributed by atoms with Crippen molar-refractivity contribution in [3.8, 4) is 0 Å². The van der Waals surface area contributed by atoms with Crippen LogP contribution in [0.25, 0.3) is 0 Å². The highest BCUT2D eigenvalue weighted by atomic mass is 35.5. The molecule has 2 aromatic carbocycles. The average Bonchev–Trinajstić information content (AvgIpc) is 3.08. The van der Waals surface area contributed by atoms with Crippen LogP contribution in [0.2, 0.25) is 0 Å². The topological polar surface area (TPSA) is 75.8 Å². The van der Waals surface area contributed by atoms with Crippen LogP contribution in [0.3, 0.4) is 0 Å². The first kappa shape index (κ1) is 17.1. The Morgan fingerprint density at radius 3 is 2.68 bits per heavy atom. The molecule has 0 bridgehead atoms. The SMILES string of the molecule is O=C(CCCl)N1N=C(c2ccccc2)C[C@@H]1c1cccc([N+](=O)[O-])c1. The molecule has 3 rings (SSSR count). The molecule has 128 valence electrons. The van der Waals surface area contributed by atoms with Crippen LogP contribution in [-0.4, -0.2) is 27.4 Å². The average molecular weight is 358 g/mol. The van der Waals surface area contributed by atoms with Gasteiger partial charge in [0.15, 0.2) is 0 Å². The third kappa shape index (κ3) is 3.69. The number of amides is 1. The fourth-order valence-electron chi connectivity index (χ4n) is 2.85. The lowest BCUT2D eigenvalue weighted by Gasteiger charge is -2.21. The summed E-state index contributed by atoms with van der Waals surface area (Å²) >= 11 is 5.70. The molecule has 1 amide bonds. The molecule has 0 spiro atoms. The van der Waals surface area contributed by atoms with Crippen molar-refractivity contribution in [1.82, 2.24) is 5.01 Å². The number of nitro benzene ring substituents is 1. The number of non-ortho nitro benzene ring substituents is 1. The summed E-state index contributed by atoms with van der Waals surface area (Å²) in [6.45, 7) is 0. The Bertz CT molecular complexity index is 823. The minimum absolute atomic E-state index is 0.00426. The first-order chi connectivity index (χ1) is 12.1. The van der Waals surface area contributed by atoms with Crippen LogP contribution in [0.1, 0.15) is 30.0 Å². The number of rotatable bonds is 5. The van der Waals surface area contributed by atoms with Crippen LogP contribution in [0, 0.1) is 10.1 Å². The number of nitrogens with zero attached hydrogens (tertiary/aromatic N) is 3. The monoisotopic (exact) mass is 357 g/mol. The number of hydrogen-bond acceptors (Lipinski definition) is 4. The molecule has 0 radical (unpaired) electrons. The van der Waals surface area contributed by atoms with E-state index in [2.05, 4.69) is 5.10 Å². The Labute approximate surface area is 149 Å². The standard InChI is InChI=1S/C18H16ClN3O3/c19-10-9-18(23)21-17(14-7-4-8-15(11-14)22(24)25)12-16(20-21)13-5-2-1-3-6-13/h1-8,11,17H,9-10,12H2/t17-/m1/s1. The van der Waals surface area contributed by atoms with E-state index < -0.39 is 4.92 Å². The lowest BCUT2D eigenvalue weighted by molar-refractivity contribution is -0.384. The van der Waals surface area contributed by atoms with Gasteiger partial charge in [-0.1, -0.05) is 42.5 Å². The molecule has 1 atom stereocenters. The fourth-order valence-corrected chi connectivity index (χ4v) is 3.01. The summed E-state index contributed by atoms with van der Waals surface area (Å²) < 4.78 is 0. The Morgan fingerprint density at radius 1 is 1.24 bits per heavy atom. The zero-order chi connectivity index (χ0) is 17.8. The van der Waals surface area contributed by atoms with Gasteiger partial charge < -0.3 is 0 Å². The maximum Gasteiger partial charge on any atom is 0.269 e. The van der Waals surface area contributed by atoms with Gasteiger partial charge in [-0.15, -0.1) is 11.6 Å². The molecule has 0 fully saturated rings. The number of hydrazone groups is 1. The number of hydrogen-bond donors (Lipinski definition) is 0. The van der Waals surface area contributed by atoms with Gasteiger partial charge in [0.1, 0.15) is 0 Å². The molecule has 2 aromatic rings. The number of halogens is 1. The molecule has 7 heteroatoms. The number of carbonyl (C=O) groups excluding carboxylic acids is 1. The summed E-state index contributed by atoms with van der Waals surface area (Å²) in [6.07, 6.45) is 0.664. The largest absolute Gasteiger partial charge is 0.273 e. The summed E-state index contributed by atoms with van der Waals surface area (Å²) in [5, 5.41) is 16.9. The summed E-state index contributed by atoms with van der Waals surface area (Å²) in [6, 6.07) is 15.5. The molecule has 1 aliphatic heterocycles. The second kappa shape index (κ2) is 7.44. The van der Waals surface area contributed by atoms with E-state index in [0.29, 0.717) is 12.0 Å². The normalized spacial score (nSPS) is 16.6. The van der Waals surface area contributed by atoms with Crippen molar-refractivity contribution >= 4 is 28.9 Å². The summed E-state index contributed by atoms with van der Waals surface area (Å²) in [4.78, 5) is 23.0. The van der Waals surface area contributed by atoms with E-state index in [0.717, 1.165) is 11.3 Å². The fraction of sp³-hybridized carbons (Fsp3) is 0.222. The quantitative estimate of drug-likeness (QED) is 0.462. The van der Waals surface area contributed by atoms with Crippen molar-refractivity contribution in [1.29, 1.82) is 0 Å². The van der Waals surface area contributed by atoms with E-state index in [-0.39, 0.29) is 29.9 Å². The Kier molecular flexibility index (Phi) is 5.09. The molecule has 0 saturated heterocycles. The van der Waals surface area contributed by atoms with Gasteiger partial charge in [0, 0.05) is 30.9 Å². The van der Waals surface area contributed by atoms with Crippen molar-refractivity contribution in [2.45, 2.75) is 18.9 Å². The van der Waals surface area contributed by atoms with E-state index in [9.17, 15) is 14.9 Å². The van der Waals surface area contributed by atoms with Crippen molar-refractivity contribution in [2.24, 2.45) is 5.10 Å². The number of carbonyl (C=O) groups is 1. The van der Waals surface area contributed by atoms with E-state index >= 15 is 0 Å². The molecule has 0 aliphatic carbocycles. The molecule has 0 N–H and O–H groups in total. The predicted octanol–water partition coefficient (Wildman–Crippen LogP) is 3.90. The highest BCUT2D eigenvalue weighted by Crippen LogP contribution is 2.34. The highest BCUT2D eigenvalue weighted by molar-refractivity contribution is 6.19. The number of benzene rings is 2. The minimum atomic E-state index is -0.442. The molecule has 25 heavy (non-hydrogen) atoms. The van der Waals surface area contributed by atoms with Gasteiger partial charge >= 0.3 is 0 Å². The third-order valence-corrected chi connectivity index (χ3v) is 4.24. The molecule has 1 heterocycles. The van der Waals surface area contributed by atoms with Gasteiger partial charge in [0.25, 0.3) is 5.69 Å². The molecule has 0 saturated carbocycles. The number of alkyl halides is 1. The second-order valence-electron chi connectivity index (χ2n) is 5.66. The first-order valence-corrected chi connectivity index (χ1v) is 8.39. The zero-order valence-electron chi connectivity index (χ0n) is 13.3. The van der Waals surface area contributed by atoms with Crippen LogP contribution in [0.5, 0.6) is 0 Å². The van der Waals surface area contributed by atoms with Crippen LogP contribution in [-0.2, 0) is 4.79 Å². The summed E-state index contributed by atoms with van der Waals surface area (Å²) in [5.41, 5.74) is 2.39. The van der Waals surface area contributed by atoms with E-state index in [4.69, 9.17) is 11.6 Å². The lowest BCUT2D eigenvalue weighted by atomic mass is 9.98. The van der Waals surface area contributed by atoms with E-state index in [1.165, 1.54) is 17.1 Å². The second-order valence-corrected chi connectivity index (χ2v) is 6.04. The van der Waals surface area contributed by atoms with E-state index in [1.807, 2.05) is 30.3 Å². The smallest absolute Gasteiger partial charge is 0.269 e. The molecule has 1 aliphatic rings. The van der Waals surface area contributed by atoms with Crippen molar-refractivity contribution in [2.75, 3.05) is 5.88 Å². The van der Waals surface area contributed by atoms with E-state index in [1.54, 1.807) is 12.1 Å². The molecule has 6 nitrogen and oxygen atoms in total. The Morgan fingerprint density at radius 2 is 2.00 bits per heavy atom. The van der Waals surface area contributed by atoms with Crippen LogP contribution in [0.15, 0.2) is 59.7 Å². The molecular formula is C18H16ClN3O3. The van der Waals surface area contributed by atoms with Crippen molar-refractivity contribution < 1.29 is 9.72 Å². The Balaban J connectivity index is 1.96. The maximum atomic E-state index is 12.4. The lowest BCUT2D eigenvalue weighted by Crippen LogP contribution is -2.27. The van der Waals surface area contributed by atoms with Gasteiger partial charge in [-0.3, -0.25) is 14.9 Å². The molecule has 0 aromatic heterocycles. The number of nitro groups is 1. The van der Waals surface area contributed by atoms with Crippen molar-refractivity contribution in [3.05, 3.63) is 75.8 Å². The highest BCUT2D eigenvalue weighted by Gasteiger charge is 2.33. The summed E-state index contributed by atoms with van der Waals surface area (Å²) in [7, 11) is 0. The van der Waals surface area contributed by atoms with Crippen LogP contribution >= 0.6 is 11.6 Å². The van der Waals surface area contributed by atoms with Gasteiger partial charge in [-0.25, -0.2) is 5.01 Å². The maximum absolute atomic E-state index is 12.4. The molecule has 0 unspecified atom stereocenters. The van der Waals surface area contributed by atoms with Gasteiger partial charge in [-0.05, 0) is 11.1 Å². The van der Waals surface area contributed by atoms with Gasteiger partial charge in [0.2, 0.25) is 5.91 Å². The molecular weight excluding hydrogens is 342 g/mol. The van der Waals surface area contributed by atoms with Crippen LogP contribution < -0.4 is 0 Å². The third-order valence-electron chi connectivity index (χ3n) is 4.05.